The van der Waals surface area contributed by atoms with E-state index in [1.807, 2.05) is 30.3 Å². The lowest BCUT2D eigenvalue weighted by molar-refractivity contribution is -0.123. The van der Waals surface area contributed by atoms with Crippen molar-refractivity contribution < 1.29 is 23.9 Å². The number of ether oxygens (including phenoxy) is 2. The van der Waals surface area contributed by atoms with Crippen molar-refractivity contribution in [3.8, 4) is 11.5 Å². The molecule has 3 aromatic rings. The van der Waals surface area contributed by atoms with Gasteiger partial charge in [-0.15, -0.1) is 0 Å². The van der Waals surface area contributed by atoms with Gasteiger partial charge < -0.3 is 9.47 Å². The Labute approximate surface area is 202 Å². The topological polar surface area (TPSA) is 72.9 Å². The Morgan fingerprint density at radius 3 is 2.03 bits per heavy atom. The zero-order chi connectivity index (χ0) is 23.9. The summed E-state index contributed by atoms with van der Waals surface area (Å²) in [5, 5.41) is 0. The first-order chi connectivity index (χ1) is 17.1. The maximum absolute atomic E-state index is 13.0. The molecule has 1 heterocycles. The smallest absolute Gasteiger partial charge is 0.343 e. The van der Waals surface area contributed by atoms with Gasteiger partial charge in [0, 0.05) is 0 Å². The Balaban J connectivity index is 1.07. The third-order valence-electron chi connectivity index (χ3n) is 7.11. The molecule has 2 fully saturated rings. The van der Waals surface area contributed by atoms with Crippen molar-refractivity contribution in [2.45, 2.75) is 13.0 Å². The summed E-state index contributed by atoms with van der Waals surface area (Å²) in [6.07, 6.45) is 5.11. The summed E-state index contributed by atoms with van der Waals surface area (Å²) in [5.74, 6) is 0.510. The number of imide groups is 1. The SMILES string of the molecule is O=C(Oc1ccccc1)c1ccc(COc2ccc(N3C(=O)[C@@H]4[C@@H](C3=O)[C@H]3C=C[C@H]4C3)cc2)cc1. The minimum absolute atomic E-state index is 0.0867. The standard InChI is InChI=1S/C29H23NO5/c31-27-25-20-10-11-21(16-20)26(25)28(32)30(27)22-12-14-23(15-13-22)34-17-18-6-8-19(9-7-18)29(33)35-24-4-2-1-3-5-24/h1-15,20-21,25-26H,16-17H2/t20-,21-,25-,26-/m0/s1. The molecular formula is C29H23NO5. The van der Waals surface area contributed by atoms with Gasteiger partial charge in [-0.25, -0.2) is 4.79 Å². The van der Waals surface area contributed by atoms with Crippen molar-refractivity contribution in [2.24, 2.45) is 23.7 Å². The quantitative estimate of drug-likeness (QED) is 0.226. The first kappa shape index (κ1) is 21.4. The van der Waals surface area contributed by atoms with Crippen molar-refractivity contribution in [2.75, 3.05) is 4.90 Å². The molecule has 6 rings (SSSR count). The van der Waals surface area contributed by atoms with Crippen molar-refractivity contribution in [1.82, 2.24) is 0 Å². The lowest BCUT2D eigenvalue weighted by atomic mass is 9.85. The molecule has 4 atom stereocenters. The van der Waals surface area contributed by atoms with Crippen LogP contribution in [0.3, 0.4) is 0 Å². The second-order valence-electron chi connectivity index (χ2n) is 9.19. The minimum atomic E-state index is -0.418. The highest BCUT2D eigenvalue weighted by molar-refractivity contribution is 6.22. The van der Waals surface area contributed by atoms with Gasteiger partial charge in [0.25, 0.3) is 0 Å². The zero-order valence-electron chi connectivity index (χ0n) is 18.9. The maximum atomic E-state index is 13.0. The Kier molecular flexibility index (Phi) is 5.21. The molecule has 1 saturated carbocycles. The second kappa shape index (κ2) is 8.55. The van der Waals surface area contributed by atoms with E-state index < -0.39 is 5.97 Å². The van der Waals surface area contributed by atoms with E-state index in [0.717, 1.165) is 12.0 Å². The van der Waals surface area contributed by atoms with Gasteiger partial charge in [0.05, 0.1) is 23.1 Å². The van der Waals surface area contributed by atoms with E-state index >= 15 is 0 Å². The average molecular weight is 466 g/mol. The number of rotatable bonds is 6. The van der Waals surface area contributed by atoms with Crippen molar-refractivity contribution in [3.63, 3.8) is 0 Å². The number of carbonyl (C=O) groups is 3. The van der Waals surface area contributed by atoms with Gasteiger partial charge in [0.1, 0.15) is 18.1 Å². The van der Waals surface area contributed by atoms with E-state index in [0.29, 0.717) is 29.4 Å². The fourth-order valence-electron chi connectivity index (χ4n) is 5.41. The van der Waals surface area contributed by atoms with Gasteiger partial charge in [-0.2, -0.15) is 0 Å². The average Bonchev–Trinajstić information content (AvgIpc) is 3.58. The predicted molar refractivity (Wildman–Crippen MR) is 129 cm³/mol. The van der Waals surface area contributed by atoms with Gasteiger partial charge in [0.15, 0.2) is 0 Å². The maximum Gasteiger partial charge on any atom is 0.343 e. The molecule has 0 spiro atoms. The molecule has 0 aromatic heterocycles. The van der Waals surface area contributed by atoms with Crippen molar-refractivity contribution >= 4 is 23.5 Å². The molecule has 35 heavy (non-hydrogen) atoms. The molecule has 6 heteroatoms. The van der Waals surface area contributed by atoms with Crippen LogP contribution in [-0.4, -0.2) is 17.8 Å². The molecule has 1 saturated heterocycles. The van der Waals surface area contributed by atoms with E-state index in [9.17, 15) is 14.4 Å². The van der Waals surface area contributed by atoms with Crippen molar-refractivity contribution in [3.05, 3.63) is 102 Å². The summed E-state index contributed by atoms with van der Waals surface area (Å²) < 4.78 is 11.2. The number of benzene rings is 3. The number of anilines is 1. The first-order valence-electron chi connectivity index (χ1n) is 11.7. The molecule has 0 N–H and O–H groups in total. The lowest BCUT2D eigenvalue weighted by Crippen LogP contribution is -2.32. The van der Waals surface area contributed by atoms with Crippen LogP contribution in [0.2, 0.25) is 0 Å². The molecule has 2 amide bonds. The van der Waals surface area contributed by atoms with E-state index in [-0.39, 0.29) is 35.5 Å². The first-order valence-corrected chi connectivity index (χ1v) is 11.7. The summed E-state index contributed by atoms with van der Waals surface area (Å²) in [6.45, 7) is 0.314. The van der Waals surface area contributed by atoms with Gasteiger partial charge in [-0.1, -0.05) is 42.5 Å². The summed E-state index contributed by atoms with van der Waals surface area (Å²) >= 11 is 0. The van der Waals surface area contributed by atoms with E-state index in [1.54, 1.807) is 48.5 Å². The fourth-order valence-corrected chi connectivity index (χ4v) is 5.41. The van der Waals surface area contributed by atoms with Crippen LogP contribution in [0.1, 0.15) is 22.3 Å². The molecule has 3 aromatic carbocycles. The number of carbonyl (C=O) groups excluding carboxylic acids is 3. The normalized spacial score (nSPS) is 24.1. The minimum Gasteiger partial charge on any atom is -0.489 e. The van der Waals surface area contributed by atoms with E-state index in [2.05, 4.69) is 12.2 Å². The van der Waals surface area contributed by atoms with Crippen LogP contribution in [0, 0.1) is 23.7 Å². The summed E-state index contributed by atoms with van der Waals surface area (Å²) in [5.41, 5.74) is 1.93. The molecule has 1 aliphatic heterocycles. The molecule has 0 unspecified atom stereocenters. The van der Waals surface area contributed by atoms with Gasteiger partial charge in [-0.05, 0) is 72.4 Å². The number of para-hydroxylation sites is 1. The Morgan fingerprint density at radius 1 is 0.771 bits per heavy atom. The van der Waals surface area contributed by atoms with Crippen LogP contribution >= 0.6 is 0 Å². The summed E-state index contributed by atoms with van der Waals surface area (Å²) in [6, 6.07) is 23.0. The van der Waals surface area contributed by atoms with Crippen LogP contribution < -0.4 is 14.4 Å². The molecule has 2 bridgehead atoms. The molecular weight excluding hydrogens is 442 g/mol. The zero-order valence-corrected chi connectivity index (χ0v) is 18.9. The summed E-state index contributed by atoms with van der Waals surface area (Å²) in [7, 11) is 0. The number of amides is 2. The molecule has 2 aliphatic carbocycles. The molecule has 174 valence electrons. The Bertz CT molecular complexity index is 1280. The van der Waals surface area contributed by atoms with E-state index in [4.69, 9.17) is 9.47 Å². The highest BCUT2D eigenvalue weighted by Crippen LogP contribution is 2.53. The fraction of sp³-hybridized carbons (Fsp3) is 0.207. The number of esters is 1. The number of allylic oxidation sites excluding steroid dienone is 2. The van der Waals surface area contributed by atoms with Crippen LogP contribution in [0.4, 0.5) is 5.69 Å². The highest BCUT2D eigenvalue weighted by atomic mass is 16.5. The predicted octanol–water partition coefficient (Wildman–Crippen LogP) is 4.80. The van der Waals surface area contributed by atoms with Crippen LogP contribution in [-0.2, 0) is 16.2 Å². The largest absolute Gasteiger partial charge is 0.489 e. The second-order valence-corrected chi connectivity index (χ2v) is 9.19. The van der Waals surface area contributed by atoms with Gasteiger partial charge in [-0.3, -0.25) is 14.5 Å². The number of nitrogens with zero attached hydrogens (tertiary/aromatic N) is 1. The van der Waals surface area contributed by atoms with Gasteiger partial charge >= 0.3 is 5.97 Å². The third kappa shape index (κ3) is 3.81. The Hall–Kier alpha value is -4.19. The van der Waals surface area contributed by atoms with E-state index in [1.165, 1.54) is 4.90 Å². The number of hydrogen-bond donors (Lipinski definition) is 0. The molecule has 6 nitrogen and oxygen atoms in total. The summed E-state index contributed by atoms with van der Waals surface area (Å²) in [4.78, 5) is 39.6. The van der Waals surface area contributed by atoms with Crippen LogP contribution in [0.15, 0.2) is 91.0 Å². The van der Waals surface area contributed by atoms with Gasteiger partial charge in [0.2, 0.25) is 11.8 Å². The highest BCUT2D eigenvalue weighted by Gasteiger charge is 2.59. The number of hydrogen-bond acceptors (Lipinski definition) is 5. The number of fused-ring (bicyclic) bond motifs is 5. The van der Waals surface area contributed by atoms with Crippen LogP contribution in [0.5, 0.6) is 11.5 Å². The third-order valence-corrected chi connectivity index (χ3v) is 7.11. The van der Waals surface area contributed by atoms with Crippen LogP contribution in [0.25, 0.3) is 0 Å². The van der Waals surface area contributed by atoms with Crippen molar-refractivity contribution in [1.29, 1.82) is 0 Å². The molecule has 0 radical (unpaired) electrons. The monoisotopic (exact) mass is 465 g/mol. The molecule has 3 aliphatic rings. The Morgan fingerprint density at radius 2 is 1.40 bits per heavy atom. The lowest BCUT2D eigenvalue weighted by Gasteiger charge is -2.17.